The maximum Gasteiger partial charge on any atom is 0.420 e. The standard InChI is InChI=1S/C31H40N2O9S/c1-30(2,3)41-28(35)33(29(36)42-31(4,5)6)23(27(34)40-19-21-13-10-9-11-14-21)15-12-16-39-22-17-24(37-7)26(32-20-43)25(18-22)38-8/h9-11,13-14,17-18,23H,12,15-16,19H2,1-8H3/t23-/m0/s1. The maximum atomic E-state index is 13.5. The molecule has 234 valence electrons. The minimum Gasteiger partial charge on any atom is -0.494 e. The molecule has 0 aliphatic rings. The Labute approximate surface area is 258 Å². The summed E-state index contributed by atoms with van der Waals surface area (Å²) in [6.07, 6.45) is -1.84. The molecule has 43 heavy (non-hydrogen) atoms. The first kappa shape index (κ1) is 35.0. The largest absolute Gasteiger partial charge is 0.494 e. The first-order valence-electron chi connectivity index (χ1n) is 13.6. The van der Waals surface area contributed by atoms with Crippen molar-refractivity contribution >= 4 is 41.2 Å². The number of amides is 2. The second kappa shape index (κ2) is 15.9. The zero-order chi connectivity index (χ0) is 32.2. The number of esters is 1. The zero-order valence-corrected chi connectivity index (χ0v) is 26.7. The van der Waals surface area contributed by atoms with E-state index in [0.717, 1.165) is 5.56 Å². The van der Waals surface area contributed by atoms with Crippen molar-refractivity contribution in [2.24, 2.45) is 4.99 Å². The van der Waals surface area contributed by atoms with Gasteiger partial charge in [0.2, 0.25) is 0 Å². The van der Waals surface area contributed by atoms with Gasteiger partial charge >= 0.3 is 18.2 Å². The van der Waals surface area contributed by atoms with E-state index in [1.165, 1.54) is 14.2 Å². The second-order valence-corrected chi connectivity index (χ2v) is 11.5. The summed E-state index contributed by atoms with van der Waals surface area (Å²) in [5, 5.41) is 2.29. The van der Waals surface area contributed by atoms with Crippen LogP contribution in [-0.4, -0.2) is 66.3 Å². The van der Waals surface area contributed by atoms with Gasteiger partial charge in [-0.2, -0.15) is 9.89 Å². The van der Waals surface area contributed by atoms with Crippen molar-refractivity contribution in [2.45, 2.75) is 78.2 Å². The minimum atomic E-state index is -1.36. The molecular weight excluding hydrogens is 576 g/mol. The molecule has 0 aliphatic heterocycles. The van der Waals surface area contributed by atoms with E-state index in [9.17, 15) is 14.4 Å². The lowest BCUT2D eigenvalue weighted by Crippen LogP contribution is -2.52. The van der Waals surface area contributed by atoms with Gasteiger partial charge in [-0.25, -0.2) is 14.4 Å². The number of carbonyl (C=O) groups excluding carboxylic acids is 3. The highest BCUT2D eigenvalue weighted by Crippen LogP contribution is 2.41. The first-order valence-corrected chi connectivity index (χ1v) is 14.0. The van der Waals surface area contributed by atoms with E-state index < -0.39 is 35.4 Å². The number of isothiocyanates is 1. The fraction of sp³-hybridized carbons (Fsp3) is 0.484. The molecule has 0 saturated heterocycles. The number of hydrogen-bond donors (Lipinski definition) is 0. The Morgan fingerprint density at radius 3 is 1.91 bits per heavy atom. The van der Waals surface area contributed by atoms with Gasteiger partial charge in [-0.15, -0.1) is 0 Å². The fourth-order valence-electron chi connectivity index (χ4n) is 3.70. The monoisotopic (exact) mass is 616 g/mol. The topological polar surface area (TPSA) is 122 Å². The quantitative estimate of drug-likeness (QED) is 0.0820. The zero-order valence-electron chi connectivity index (χ0n) is 25.9. The van der Waals surface area contributed by atoms with Gasteiger partial charge in [0.05, 0.1) is 26.0 Å². The highest BCUT2D eigenvalue weighted by atomic mass is 32.1. The molecule has 12 heteroatoms. The summed E-state index contributed by atoms with van der Waals surface area (Å²) in [6, 6.07) is 10.9. The molecule has 2 rings (SSSR count). The van der Waals surface area contributed by atoms with Crippen LogP contribution in [0, 0.1) is 0 Å². The lowest BCUT2D eigenvalue weighted by molar-refractivity contribution is -0.151. The number of benzene rings is 2. The van der Waals surface area contributed by atoms with Crippen LogP contribution < -0.4 is 14.2 Å². The molecule has 0 aromatic heterocycles. The van der Waals surface area contributed by atoms with Crippen LogP contribution in [-0.2, 0) is 25.6 Å². The van der Waals surface area contributed by atoms with Gasteiger partial charge in [0.1, 0.15) is 29.6 Å². The number of nitrogens with zero attached hydrogens (tertiary/aromatic N) is 2. The van der Waals surface area contributed by atoms with Gasteiger partial charge in [-0.1, -0.05) is 30.3 Å². The molecule has 0 unspecified atom stereocenters. The minimum absolute atomic E-state index is 0.00628. The number of rotatable bonds is 12. The Balaban J connectivity index is 2.32. The molecule has 0 N–H and O–H groups in total. The Bertz CT molecular complexity index is 1240. The summed E-state index contributed by atoms with van der Waals surface area (Å²) in [7, 11) is 2.93. The van der Waals surface area contributed by atoms with Crippen LogP contribution in [0.2, 0.25) is 0 Å². The molecule has 2 amide bonds. The number of imide groups is 1. The van der Waals surface area contributed by atoms with Gasteiger partial charge in [0.15, 0.2) is 17.2 Å². The average molecular weight is 617 g/mol. The normalized spacial score (nSPS) is 11.8. The van der Waals surface area contributed by atoms with Gasteiger partial charge < -0.3 is 28.4 Å². The van der Waals surface area contributed by atoms with E-state index in [2.05, 4.69) is 10.2 Å². The van der Waals surface area contributed by atoms with Crippen molar-refractivity contribution < 1.29 is 42.8 Å². The van der Waals surface area contributed by atoms with E-state index in [1.807, 2.05) is 18.2 Å². The molecule has 11 nitrogen and oxygen atoms in total. The molecule has 0 radical (unpaired) electrons. The van der Waals surface area contributed by atoms with Crippen LogP contribution in [0.1, 0.15) is 59.9 Å². The SMILES string of the molecule is COc1cc(OCCC[C@@H](C(=O)OCc2ccccc2)N(C(=O)OC(C)(C)C)C(=O)OC(C)(C)C)cc(OC)c1N=C=S. The average Bonchev–Trinajstić information content (AvgIpc) is 2.92. The predicted molar refractivity (Wildman–Crippen MR) is 163 cm³/mol. The van der Waals surface area contributed by atoms with Crippen LogP contribution in [0.5, 0.6) is 17.2 Å². The Morgan fingerprint density at radius 1 is 0.907 bits per heavy atom. The Hall–Kier alpha value is -4.15. The maximum absolute atomic E-state index is 13.5. The number of ether oxygens (including phenoxy) is 6. The summed E-state index contributed by atoms with van der Waals surface area (Å²) in [5.74, 6) is 0.313. The van der Waals surface area contributed by atoms with Gasteiger partial charge in [-0.3, -0.25) is 0 Å². The van der Waals surface area contributed by atoms with Crippen molar-refractivity contribution in [3.8, 4) is 17.2 Å². The van der Waals surface area contributed by atoms with Crippen molar-refractivity contribution in [2.75, 3.05) is 20.8 Å². The van der Waals surface area contributed by atoms with Crippen molar-refractivity contribution in [3.63, 3.8) is 0 Å². The summed E-state index contributed by atoms with van der Waals surface area (Å²) in [5.41, 5.74) is -0.797. The number of hydrogen-bond acceptors (Lipinski definition) is 11. The first-order chi connectivity index (χ1) is 20.2. The van der Waals surface area contributed by atoms with Gasteiger partial charge in [0.25, 0.3) is 0 Å². The molecule has 0 spiro atoms. The fourth-order valence-corrected chi connectivity index (χ4v) is 3.80. The summed E-state index contributed by atoms with van der Waals surface area (Å²) < 4.78 is 33.2. The molecule has 0 aliphatic carbocycles. The van der Waals surface area contributed by atoms with E-state index in [0.29, 0.717) is 27.8 Å². The summed E-state index contributed by atoms with van der Waals surface area (Å²) >= 11 is 4.71. The Kier molecular flexibility index (Phi) is 13.0. The van der Waals surface area contributed by atoms with Gasteiger partial charge in [0, 0.05) is 12.1 Å². The molecule has 0 bridgehead atoms. The molecule has 0 heterocycles. The number of carbonyl (C=O) groups is 3. The Morgan fingerprint density at radius 2 is 1.44 bits per heavy atom. The molecule has 1 atom stereocenters. The molecule has 0 fully saturated rings. The predicted octanol–water partition coefficient (Wildman–Crippen LogP) is 6.88. The second-order valence-electron chi connectivity index (χ2n) is 11.3. The molecule has 2 aromatic carbocycles. The number of thiocarbonyl (C=S) groups is 1. The summed E-state index contributed by atoms with van der Waals surface area (Å²) in [4.78, 5) is 44.7. The van der Waals surface area contributed by atoms with Crippen LogP contribution in [0.15, 0.2) is 47.5 Å². The van der Waals surface area contributed by atoms with Crippen molar-refractivity contribution in [1.29, 1.82) is 0 Å². The van der Waals surface area contributed by atoms with Crippen molar-refractivity contribution in [1.82, 2.24) is 4.90 Å². The molecule has 0 saturated carbocycles. The van der Waals surface area contributed by atoms with Crippen LogP contribution in [0.25, 0.3) is 0 Å². The number of aliphatic imine (C=N–C) groups is 1. The van der Waals surface area contributed by atoms with Crippen LogP contribution in [0.4, 0.5) is 15.3 Å². The smallest absolute Gasteiger partial charge is 0.420 e. The van der Waals surface area contributed by atoms with E-state index >= 15 is 0 Å². The molecular formula is C31H40N2O9S. The van der Waals surface area contributed by atoms with Gasteiger partial charge in [-0.05, 0) is 72.2 Å². The van der Waals surface area contributed by atoms with E-state index in [4.69, 9.17) is 40.6 Å². The lowest BCUT2D eigenvalue weighted by Gasteiger charge is -2.32. The van der Waals surface area contributed by atoms with Crippen LogP contribution >= 0.6 is 12.2 Å². The third kappa shape index (κ3) is 11.6. The number of methoxy groups -OCH3 is 2. The van der Waals surface area contributed by atoms with Crippen LogP contribution in [0.3, 0.4) is 0 Å². The van der Waals surface area contributed by atoms with Crippen molar-refractivity contribution in [3.05, 3.63) is 48.0 Å². The molecule has 2 aromatic rings. The highest BCUT2D eigenvalue weighted by molar-refractivity contribution is 7.78. The van der Waals surface area contributed by atoms with E-state index in [-0.39, 0.29) is 26.1 Å². The third-order valence-electron chi connectivity index (χ3n) is 5.49. The third-order valence-corrected chi connectivity index (χ3v) is 5.58. The lowest BCUT2D eigenvalue weighted by atomic mass is 10.1. The highest BCUT2D eigenvalue weighted by Gasteiger charge is 2.41. The van der Waals surface area contributed by atoms with E-state index in [1.54, 1.807) is 65.8 Å². The summed E-state index contributed by atoms with van der Waals surface area (Å²) in [6.45, 7) is 9.96.